The summed E-state index contributed by atoms with van der Waals surface area (Å²) in [4.78, 5) is 20.1. The van der Waals surface area contributed by atoms with Gasteiger partial charge in [0.25, 0.3) is 5.91 Å². The van der Waals surface area contributed by atoms with Gasteiger partial charge >= 0.3 is 0 Å². The minimum absolute atomic E-state index is 0.0560. The van der Waals surface area contributed by atoms with Gasteiger partial charge in [0, 0.05) is 18.4 Å². The third-order valence-electron chi connectivity index (χ3n) is 4.98. The van der Waals surface area contributed by atoms with Crippen LogP contribution in [0.5, 0.6) is 0 Å². The summed E-state index contributed by atoms with van der Waals surface area (Å²) in [5, 5.41) is 3.95. The lowest BCUT2D eigenvalue weighted by Crippen LogP contribution is -3.14. The number of thiophene rings is 1. The first-order chi connectivity index (χ1) is 13.7. The zero-order valence-corrected chi connectivity index (χ0v) is 17.1. The standard InChI is InChI=1S/C21H22ClN3O2S/c22-20-7-6-19(28-20)18-14-16(15-4-1-2-5-17(15)24-18)21(26)23-8-3-9-25-10-12-27-13-11-25/h1-2,4-7,14H,3,8-13H2,(H,23,26)/p+1. The van der Waals surface area contributed by atoms with E-state index in [0.717, 1.165) is 60.7 Å². The molecule has 146 valence electrons. The van der Waals surface area contributed by atoms with E-state index in [1.165, 1.54) is 11.3 Å². The van der Waals surface area contributed by atoms with Gasteiger partial charge in [-0.1, -0.05) is 29.8 Å². The van der Waals surface area contributed by atoms with Crippen LogP contribution in [0.3, 0.4) is 0 Å². The topological polar surface area (TPSA) is 55.7 Å². The molecule has 0 aliphatic carbocycles. The molecule has 1 aliphatic rings. The second-order valence-corrected chi connectivity index (χ2v) is 8.61. The molecule has 0 spiro atoms. The number of carbonyl (C=O) groups excluding carboxylic acids is 1. The Morgan fingerprint density at radius 2 is 2.04 bits per heavy atom. The SMILES string of the molecule is O=C(NCCC[NH+]1CCOCC1)c1cc(-c2ccc(Cl)s2)nc2ccccc12. The monoisotopic (exact) mass is 416 g/mol. The highest BCUT2D eigenvalue weighted by molar-refractivity contribution is 7.19. The van der Waals surface area contributed by atoms with Gasteiger partial charge in [-0.25, -0.2) is 4.98 Å². The summed E-state index contributed by atoms with van der Waals surface area (Å²) in [6.45, 7) is 5.49. The maximum atomic E-state index is 12.9. The van der Waals surface area contributed by atoms with Gasteiger partial charge in [0.2, 0.25) is 0 Å². The summed E-state index contributed by atoms with van der Waals surface area (Å²) >= 11 is 7.55. The molecule has 1 aromatic carbocycles. The number of halogens is 1. The van der Waals surface area contributed by atoms with Crippen molar-refractivity contribution in [2.75, 3.05) is 39.4 Å². The molecular weight excluding hydrogens is 394 g/mol. The average Bonchev–Trinajstić information content (AvgIpc) is 3.17. The number of quaternary nitrogens is 1. The first-order valence-corrected chi connectivity index (χ1v) is 10.7. The van der Waals surface area contributed by atoms with Gasteiger partial charge < -0.3 is 15.0 Å². The van der Waals surface area contributed by atoms with Crippen molar-refractivity contribution in [3.63, 3.8) is 0 Å². The van der Waals surface area contributed by atoms with Gasteiger partial charge in [0.05, 0.1) is 45.7 Å². The third-order valence-corrected chi connectivity index (χ3v) is 6.23. The molecular formula is C21H23ClN3O2S+. The van der Waals surface area contributed by atoms with Crippen LogP contribution in [0.4, 0.5) is 0 Å². The molecule has 1 saturated heterocycles. The number of para-hydroxylation sites is 1. The Balaban J connectivity index is 1.49. The Hall–Kier alpha value is -1.99. The summed E-state index contributed by atoms with van der Waals surface area (Å²) in [5.74, 6) is -0.0560. The molecule has 28 heavy (non-hydrogen) atoms. The van der Waals surface area contributed by atoms with Gasteiger partial charge in [0.1, 0.15) is 13.1 Å². The zero-order valence-electron chi connectivity index (χ0n) is 15.5. The van der Waals surface area contributed by atoms with E-state index < -0.39 is 0 Å². The number of nitrogens with zero attached hydrogens (tertiary/aromatic N) is 1. The Kier molecular flexibility index (Phi) is 6.22. The van der Waals surface area contributed by atoms with Crippen LogP contribution in [0.15, 0.2) is 42.5 Å². The van der Waals surface area contributed by atoms with Crippen LogP contribution in [0.2, 0.25) is 4.34 Å². The van der Waals surface area contributed by atoms with E-state index in [4.69, 9.17) is 21.3 Å². The fraction of sp³-hybridized carbons (Fsp3) is 0.333. The van der Waals surface area contributed by atoms with Gasteiger partial charge in [-0.3, -0.25) is 4.79 Å². The normalized spacial score (nSPS) is 15.0. The van der Waals surface area contributed by atoms with Crippen molar-refractivity contribution in [2.24, 2.45) is 0 Å². The van der Waals surface area contributed by atoms with Crippen LogP contribution < -0.4 is 10.2 Å². The van der Waals surface area contributed by atoms with Crippen molar-refractivity contribution in [1.82, 2.24) is 10.3 Å². The number of rotatable bonds is 6. The van der Waals surface area contributed by atoms with E-state index in [9.17, 15) is 4.79 Å². The van der Waals surface area contributed by atoms with E-state index in [-0.39, 0.29) is 5.91 Å². The number of nitrogens with one attached hydrogen (secondary N) is 2. The lowest BCUT2D eigenvalue weighted by atomic mass is 10.1. The molecule has 7 heteroatoms. The highest BCUT2D eigenvalue weighted by atomic mass is 35.5. The molecule has 4 rings (SSSR count). The number of hydrogen-bond acceptors (Lipinski definition) is 4. The van der Waals surface area contributed by atoms with Crippen LogP contribution in [0.1, 0.15) is 16.8 Å². The number of ether oxygens (including phenoxy) is 1. The lowest BCUT2D eigenvalue weighted by molar-refractivity contribution is -0.908. The fourth-order valence-electron chi connectivity index (χ4n) is 3.49. The first-order valence-electron chi connectivity index (χ1n) is 9.56. The number of carbonyl (C=O) groups is 1. The fourth-order valence-corrected chi connectivity index (χ4v) is 4.49. The van der Waals surface area contributed by atoms with Gasteiger partial charge in [0.15, 0.2) is 0 Å². The zero-order chi connectivity index (χ0) is 19.3. The predicted molar refractivity (Wildman–Crippen MR) is 113 cm³/mol. The number of fused-ring (bicyclic) bond motifs is 1. The molecule has 2 aromatic heterocycles. The summed E-state index contributed by atoms with van der Waals surface area (Å²) in [5.41, 5.74) is 2.25. The van der Waals surface area contributed by atoms with E-state index in [1.807, 2.05) is 42.5 Å². The maximum absolute atomic E-state index is 12.9. The minimum atomic E-state index is -0.0560. The molecule has 0 radical (unpaired) electrons. The highest BCUT2D eigenvalue weighted by Gasteiger charge is 2.16. The Morgan fingerprint density at radius 3 is 2.82 bits per heavy atom. The van der Waals surface area contributed by atoms with E-state index in [2.05, 4.69) is 5.32 Å². The number of benzene rings is 1. The molecule has 3 heterocycles. The number of hydrogen-bond donors (Lipinski definition) is 2. The maximum Gasteiger partial charge on any atom is 0.252 e. The molecule has 1 amide bonds. The highest BCUT2D eigenvalue weighted by Crippen LogP contribution is 2.32. The summed E-state index contributed by atoms with van der Waals surface area (Å²) < 4.78 is 6.10. The second-order valence-electron chi connectivity index (χ2n) is 6.90. The summed E-state index contributed by atoms with van der Waals surface area (Å²) in [6.07, 6.45) is 0.956. The molecule has 5 nitrogen and oxygen atoms in total. The van der Waals surface area contributed by atoms with Crippen LogP contribution in [0.25, 0.3) is 21.5 Å². The van der Waals surface area contributed by atoms with Crippen molar-refractivity contribution < 1.29 is 14.4 Å². The first kappa shape index (κ1) is 19.3. The Labute approximate surface area is 173 Å². The molecule has 0 bridgehead atoms. The van der Waals surface area contributed by atoms with Crippen LogP contribution >= 0.6 is 22.9 Å². The molecule has 1 fully saturated rings. The molecule has 1 aliphatic heterocycles. The van der Waals surface area contributed by atoms with Crippen molar-refractivity contribution in [1.29, 1.82) is 0 Å². The number of morpholine rings is 1. The molecule has 0 atom stereocenters. The smallest absolute Gasteiger partial charge is 0.252 e. The predicted octanol–water partition coefficient (Wildman–Crippen LogP) is 2.65. The van der Waals surface area contributed by atoms with Gasteiger partial charge in [-0.05, 0) is 24.3 Å². The van der Waals surface area contributed by atoms with Crippen molar-refractivity contribution in [3.05, 3.63) is 52.4 Å². The van der Waals surface area contributed by atoms with E-state index >= 15 is 0 Å². The van der Waals surface area contributed by atoms with Gasteiger partial charge in [-0.2, -0.15) is 0 Å². The Bertz CT molecular complexity index is 969. The molecule has 0 unspecified atom stereocenters. The Morgan fingerprint density at radius 1 is 1.21 bits per heavy atom. The summed E-state index contributed by atoms with van der Waals surface area (Å²) in [7, 11) is 0. The second kappa shape index (κ2) is 9.01. The van der Waals surface area contributed by atoms with Crippen LogP contribution in [-0.4, -0.2) is 50.3 Å². The molecule has 3 aromatic rings. The third kappa shape index (κ3) is 4.52. The largest absolute Gasteiger partial charge is 0.370 e. The van der Waals surface area contributed by atoms with Gasteiger partial charge in [-0.15, -0.1) is 11.3 Å². The van der Waals surface area contributed by atoms with E-state index in [0.29, 0.717) is 16.4 Å². The van der Waals surface area contributed by atoms with Crippen molar-refractivity contribution in [3.8, 4) is 10.6 Å². The molecule has 0 saturated carbocycles. The van der Waals surface area contributed by atoms with E-state index in [1.54, 1.807) is 4.90 Å². The minimum Gasteiger partial charge on any atom is -0.370 e. The average molecular weight is 417 g/mol. The number of aromatic nitrogens is 1. The molecule has 2 N–H and O–H groups in total. The number of amides is 1. The number of pyridine rings is 1. The van der Waals surface area contributed by atoms with Crippen LogP contribution in [0, 0.1) is 0 Å². The van der Waals surface area contributed by atoms with Crippen molar-refractivity contribution >= 4 is 39.7 Å². The summed E-state index contributed by atoms with van der Waals surface area (Å²) in [6, 6.07) is 13.4. The van der Waals surface area contributed by atoms with Crippen molar-refractivity contribution in [2.45, 2.75) is 6.42 Å². The van der Waals surface area contributed by atoms with Crippen LogP contribution in [-0.2, 0) is 4.74 Å². The quantitative estimate of drug-likeness (QED) is 0.607. The lowest BCUT2D eigenvalue weighted by Gasteiger charge is -2.23.